The molecule has 0 bridgehead atoms. The smallest absolute Gasteiger partial charge is 0.344 e. The van der Waals surface area contributed by atoms with E-state index in [1.807, 2.05) is 30.3 Å². The molecular formula is C19H12O4. The van der Waals surface area contributed by atoms with Gasteiger partial charge in [-0.1, -0.05) is 30.3 Å². The molecule has 0 radical (unpaired) electrons. The van der Waals surface area contributed by atoms with Gasteiger partial charge in [-0.25, -0.2) is 9.59 Å². The van der Waals surface area contributed by atoms with Gasteiger partial charge in [-0.15, -0.1) is 0 Å². The summed E-state index contributed by atoms with van der Waals surface area (Å²) in [5.74, 6) is -0.378. The second-order valence-corrected chi connectivity index (χ2v) is 5.30. The van der Waals surface area contributed by atoms with Crippen LogP contribution in [0.1, 0.15) is 10.4 Å². The third-order valence-electron chi connectivity index (χ3n) is 4.02. The van der Waals surface area contributed by atoms with Crippen molar-refractivity contribution in [1.29, 1.82) is 0 Å². The van der Waals surface area contributed by atoms with E-state index in [9.17, 15) is 9.59 Å². The third-order valence-corrected chi connectivity index (χ3v) is 4.02. The molecule has 0 saturated heterocycles. The fourth-order valence-electron chi connectivity index (χ4n) is 2.95. The summed E-state index contributed by atoms with van der Waals surface area (Å²) in [6, 6.07) is 16.3. The standard InChI is InChI=1S/C19H12O4/c1-22-18(20)12-6-8-13-11(10-12)7-9-16-17(13)14-4-2-3-5-15(14)19(21)23-16/h2-10H,1H3. The molecule has 0 aliphatic rings. The molecule has 0 aliphatic heterocycles. The Bertz CT molecular complexity index is 1140. The minimum atomic E-state index is -0.378. The van der Waals surface area contributed by atoms with E-state index >= 15 is 0 Å². The number of esters is 1. The van der Waals surface area contributed by atoms with Crippen LogP contribution in [0.5, 0.6) is 0 Å². The minimum Gasteiger partial charge on any atom is -0.465 e. The van der Waals surface area contributed by atoms with E-state index in [2.05, 4.69) is 0 Å². The van der Waals surface area contributed by atoms with Crippen LogP contribution in [-0.2, 0) is 4.74 Å². The molecule has 1 aromatic heterocycles. The molecule has 0 amide bonds. The molecule has 0 N–H and O–H groups in total. The first-order valence-electron chi connectivity index (χ1n) is 7.15. The first-order chi connectivity index (χ1) is 11.2. The largest absolute Gasteiger partial charge is 0.465 e. The number of carbonyl (C=O) groups excluding carboxylic acids is 1. The molecule has 0 atom stereocenters. The lowest BCUT2D eigenvalue weighted by Crippen LogP contribution is -2.01. The Morgan fingerprint density at radius 1 is 0.957 bits per heavy atom. The van der Waals surface area contributed by atoms with E-state index in [1.54, 1.807) is 24.3 Å². The zero-order chi connectivity index (χ0) is 16.0. The fraction of sp³-hybridized carbons (Fsp3) is 0.0526. The summed E-state index contributed by atoms with van der Waals surface area (Å²) in [6.07, 6.45) is 0. The molecule has 4 heteroatoms. The molecule has 0 saturated carbocycles. The van der Waals surface area contributed by atoms with Gasteiger partial charge in [0.15, 0.2) is 0 Å². The number of hydrogen-bond donors (Lipinski definition) is 0. The van der Waals surface area contributed by atoms with E-state index in [-0.39, 0.29) is 11.6 Å². The number of benzene rings is 3. The number of carbonyl (C=O) groups is 1. The van der Waals surface area contributed by atoms with Crippen LogP contribution in [-0.4, -0.2) is 13.1 Å². The average Bonchev–Trinajstić information content (AvgIpc) is 2.60. The Labute approximate surface area is 130 Å². The van der Waals surface area contributed by atoms with Gasteiger partial charge in [0, 0.05) is 10.8 Å². The minimum absolute atomic E-state index is 0.348. The molecule has 4 nitrogen and oxygen atoms in total. The molecule has 23 heavy (non-hydrogen) atoms. The first-order valence-corrected chi connectivity index (χ1v) is 7.15. The van der Waals surface area contributed by atoms with Gasteiger partial charge in [0.25, 0.3) is 0 Å². The zero-order valence-electron chi connectivity index (χ0n) is 12.3. The van der Waals surface area contributed by atoms with Crippen LogP contribution < -0.4 is 5.63 Å². The number of ether oxygens (including phenoxy) is 1. The lowest BCUT2D eigenvalue weighted by atomic mass is 9.99. The van der Waals surface area contributed by atoms with Gasteiger partial charge in [-0.2, -0.15) is 0 Å². The number of fused-ring (bicyclic) bond motifs is 5. The van der Waals surface area contributed by atoms with Crippen LogP contribution in [0, 0.1) is 0 Å². The summed E-state index contributed by atoms with van der Waals surface area (Å²) in [7, 11) is 1.36. The summed E-state index contributed by atoms with van der Waals surface area (Å²) in [5, 5.41) is 4.07. The van der Waals surface area contributed by atoms with E-state index < -0.39 is 0 Å². The highest BCUT2D eigenvalue weighted by Crippen LogP contribution is 2.31. The molecule has 4 rings (SSSR count). The van der Waals surface area contributed by atoms with Crippen molar-refractivity contribution in [2.45, 2.75) is 0 Å². The fourth-order valence-corrected chi connectivity index (χ4v) is 2.95. The summed E-state index contributed by atoms with van der Waals surface area (Å²) in [5.41, 5.74) is 0.673. The predicted molar refractivity (Wildman–Crippen MR) is 88.8 cm³/mol. The van der Waals surface area contributed by atoms with Crippen LogP contribution in [0.15, 0.2) is 63.8 Å². The summed E-state index contributed by atoms with van der Waals surface area (Å²) >= 11 is 0. The van der Waals surface area contributed by atoms with Crippen molar-refractivity contribution in [2.24, 2.45) is 0 Å². The number of methoxy groups -OCH3 is 1. The normalized spacial score (nSPS) is 11.2. The molecule has 1 heterocycles. The monoisotopic (exact) mass is 304 g/mol. The first kappa shape index (κ1) is 13.5. The van der Waals surface area contributed by atoms with Crippen LogP contribution in [0.3, 0.4) is 0 Å². The van der Waals surface area contributed by atoms with Crippen LogP contribution in [0.25, 0.3) is 32.5 Å². The Morgan fingerprint density at radius 3 is 2.52 bits per heavy atom. The highest BCUT2D eigenvalue weighted by molar-refractivity contribution is 6.18. The Kier molecular flexibility index (Phi) is 2.91. The molecule has 0 spiro atoms. The highest BCUT2D eigenvalue weighted by atomic mass is 16.5. The molecule has 112 valence electrons. The Hall–Kier alpha value is -3.14. The van der Waals surface area contributed by atoms with Gasteiger partial charge >= 0.3 is 11.6 Å². The van der Waals surface area contributed by atoms with Crippen LogP contribution in [0.4, 0.5) is 0 Å². The van der Waals surface area contributed by atoms with Crippen molar-refractivity contribution in [1.82, 2.24) is 0 Å². The average molecular weight is 304 g/mol. The Balaban J connectivity index is 2.18. The predicted octanol–water partition coefficient (Wildman–Crippen LogP) is 3.89. The maximum absolute atomic E-state index is 12.1. The van der Waals surface area contributed by atoms with Gasteiger partial charge in [0.1, 0.15) is 5.58 Å². The molecule has 3 aromatic carbocycles. The van der Waals surface area contributed by atoms with E-state index in [4.69, 9.17) is 9.15 Å². The SMILES string of the molecule is COC(=O)c1ccc2c(ccc3oc(=O)c4ccccc4c32)c1. The van der Waals surface area contributed by atoms with Gasteiger partial charge < -0.3 is 9.15 Å². The molecule has 0 unspecified atom stereocenters. The highest BCUT2D eigenvalue weighted by Gasteiger charge is 2.12. The van der Waals surface area contributed by atoms with Crippen LogP contribution >= 0.6 is 0 Å². The van der Waals surface area contributed by atoms with E-state index in [0.29, 0.717) is 16.5 Å². The zero-order valence-corrected chi connectivity index (χ0v) is 12.3. The van der Waals surface area contributed by atoms with E-state index in [1.165, 1.54) is 7.11 Å². The van der Waals surface area contributed by atoms with Crippen molar-refractivity contribution in [3.63, 3.8) is 0 Å². The number of hydrogen-bond acceptors (Lipinski definition) is 4. The quantitative estimate of drug-likeness (QED) is 0.304. The molecule has 0 aliphatic carbocycles. The van der Waals surface area contributed by atoms with Crippen LogP contribution in [0.2, 0.25) is 0 Å². The van der Waals surface area contributed by atoms with Gasteiger partial charge in [-0.05, 0) is 35.0 Å². The summed E-state index contributed by atoms with van der Waals surface area (Å²) in [4.78, 5) is 23.8. The lowest BCUT2D eigenvalue weighted by Gasteiger charge is -2.07. The second kappa shape index (κ2) is 4.95. The lowest BCUT2D eigenvalue weighted by molar-refractivity contribution is 0.0601. The topological polar surface area (TPSA) is 56.5 Å². The molecule has 0 fully saturated rings. The van der Waals surface area contributed by atoms with E-state index in [0.717, 1.165) is 21.5 Å². The Morgan fingerprint density at radius 2 is 1.74 bits per heavy atom. The van der Waals surface area contributed by atoms with Crippen molar-refractivity contribution in [3.05, 3.63) is 70.6 Å². The van der Waals surface area contributed by atoms with Crippen molar-refractivity contribution >= 4 is 38.5 Å². The number of rotatable bonds is 1. The molecular weight excluding hydrogens is 292 g/mol. The summed E-state index contributed by atoms with van der Waals surface area (Å²) < 4.78 is 10.2. The van der Waals surface area contributed by atoms with Crippen molar-refractivity contribution < 1.29 is 13.9 Å². The maximum atomic E-state index is 12.1. The third kappa shape index (κ3) is 1.99. The van der Waals surface area contributed by atoms with Gasteiger partial charge in [-0.3, -0.25) is 0 Å². The second-order valence-electron chi connectivity index (χ2n) is 5.30. The van der Waals surface area contributed by atoms with Gasteiger partial charge in [0.2, 0.25) is 0 Å². The summed E-state index contributed by atoms with van der Waals surface area (Å²) in [6.45, 7) is 0. The van der Waals surface area contributed by atoms with Crippen molar-refractivity contribution in [2.75, 3.05) is 7.11 Å². The van der Waals surface area contributed by atoms with Gasteiger partial charge in [0.05, 0.1) is 18.1 Å². The maximum Gasteiger partial charge on any atom is 0.344 e. The van der Waals surface area contributed by atoms with Crippen molar-refractivity contribution in [3.8, 4) is 0 Å². The molecule has 4 aromatic rings.